The molecule has 0 aromatic carbocycles. The summed E-state index contributed by atoms with van der Waals surface area (Å²) < 4.78 is 40.4. The minimum absolute atomic E-state index is 0.0346. The number of rotatable bonds is 6. The van der Waals surface area contributed by atoms with Crippen molar-refractivity contribution < 1.29 is 42.2 Å². The van der Waals surface area contributed by atoms with Gasteiger partial charge >= 0.3 is 6.16 Å². The van der Waals surface area contributed by atoms with Crippen LogP contribution in [-0.4, -0.2) is 90.3 Å². The molecule has 0 unspecified atom stereocenters. The van der Waals surface area contributed by atoms with E-state index in [0.29, 0.717) is 12.8 Å². The second-order valence-corrected chi connectivity index (χ2v) is 34.2. The van der Waals surface area contributed by atoms with Crippen LogP contribution in [0, 0.1) is 16.7 Å². The van der Waals surface area contributed by atoms with Gasteiger partial charge in [-0.15, -0.1) is 0 Å². The first-order chi connectivity index (χ1) is 21.4. The van der Waals surface area contributed by atoms with Crippen LogP contribution in [0.25, 0.3) is 0 Å². The lowest BCUT2D eigenvalue weighted by Crippen LogP contribution is -2.81. The van der Waals surface area contributed by atoms with E-state index in [1.807, 2.05) is 6.92 Å². The number of ether oxygens (including phenoxy) is 3. The van der Waals surface area contributed by atoms with Crippen molar-refractivity contribution in [3.8, 4) is 0 Å². The Morgan fingerprint density at radius 3 is 1.88 bits per heavy atom. The molecule has 12 heteroatoms. The number of hydrogen-bond acceptors (Lipinski definition) is 9. The molecule has 1 N–H and O–H groups in total. The molecule has 0 radical (unpaired) electrons. The summed E-state index contributed by atoms with van der Waals surface area (Å²) >= 11 is 0. The summed E-state index contributed by atoms with van der Waals surface area (Å²) in [5.41, 5.74) is -3.14. The molecule has 2 saturated heterocycles. The quantitative estimate of drug-likeness (QED) is 0.167. The summed E-state index contributed by atoms with van der Waals surface area (Å²) in [6, 6.07) is 0. The molecule has 2 saturated carbocycles. The standard InChI is InChI=1S/C36H64O9Si3/c1-21-22(43-46(11,12)13)19-36-29(41-30(38)42-36)27-34(10,23(18-24-35(27,39)20-40-24)44-47(14,15)31(2,3)4)28(37)26(25(21)33(36,8)9)45-48(16,17)32(5,6)7/h22-24,26-27,29,39H,18-20H2,1-17H3/t22-,23-,24+,26+,27-,29-,34+,35-,36+/m0/s1. The van der Waals surface area contributed by atoms with Crippen molar-refractivity contribution in [2.75, 3.05) is 6.61 Å². The lowest BCUT2D eigenvalue weighted by molar-refractivity contribution is -0.332. The number of aliphatic hydroxyl groups is 1. The molecule has 2 bridgehead atoms. The molecular formula is C36H64O9Si3. The monoisotopic (exact) mass is 724 g/mol. The van der Waals surface area contributed by atoms with Gasteiger partial charge in [0, 0.05) is 24.2 Å². The van der Waals surface area contributed by atoms with Gasteiger partial charge < -0.3 is 32.6 Å². The predicted molar refractivity (Wildman–Crippen MR) is 193 cm³/mol. The van der Waals surface area contributed by atoms with Crippen molar-refractivity contribution in [3.05, 3.63) is 11.1 Å². The smallest absolute Gasteiger partial charge is 0.426 e. The van der Waals surface area contributed by atoms with Crippen LogP contribution in [0.5, 0.6) is 0 Å². The van der Waals surface area contributed by atoms with Gasteiger partial charge in [0.15, 0.2) is 42.4 Å². The first-order valence-corrected chi connectivity index (χ1v) is 27.1. The average Bonchev–Trinajstić information content (AvgIpc) is 3.20. The first-order valence-electron chi connectivity index (χ1n) is 17.9. The van der Waals surface area contributed by atoms with E-state index in [4.69, 9.17) is 27.5 Å². The molecule has 5 aliphatic rings. The van der Waals surface area contributed by atoms with Crippen LogP contribution >= 0.6 is 0 Å². The highest BCUT2D eigenvalue weighted by molar-refractivity contribution is 6.74. The van der Waals surface area contributed by atoms with Gasteiger partial charge in [-0.2, -0.15) is 0 Å². The van der Waals surface area contributed by atoms with Crippen molar-refractivity contribution in [1.29, 1.82) is 0 Å². The van der Waals surface area contributed by atoms with Crippen LogP contribution in [0.15, 0.2) is 11.1 Å². The summed E-state index contributed by atoms with van der Waals surface area (Å²) in [7, 11) is -7.22. The molecule has 1 spiro atoms. The summed E-state index contributed by atoms with van der Waals surface area (Å²) in [6.07, 6.45) is -3.63. The van der Waals surface area contributed by atoms with Crippen LogP contribution in [0.4, 0.5) is 4.79 Å². The average molecular weight is 725 g/mol. The number of ketones is 1. The fourth-order valence-electron chi connectivity index (χ4n) is 8.76. The molecule has 274 valence electrons. The SMILES string of the molecule is CC1=C2[C@@H](O[Si](C)(C)C(C)(C)C)C(=O)[C@]3(C)[C@@H](O[Si](C)(C)C(C)(C)C)C[C@H]4OC[C@@]4(O)[C@H]3[C@@H]3OC(=O)O[C@@]3(C[C@@H]1O[Si](C)(C)C)C2(C)C. The van der Waals surface area contributed by atoms with Crippen LogP contribution in [0.1, 0.15) is 82.1 Å². The lowest BCUT2D eigenvalue weighted by Gasteiger charge is -2.67. The molecule has 3 aliphatic carbocycles. The van der Waals surface area contributed by atoms with E-state index in [0.717, 1.165) is 11.1 Å². The highest BCUT2D eigenvalue weighted by Crippen LogP contribution is 2.67. The van der Waals surface area contributed by atoms with Crippen molar-refractivity contribution >= 4 is 36.9 Å². The molecule has 0 amide bonds. The predicted octanol–water partition coefficient (Wildman–Crippen LogP) is 7.75. The van der Waals surface area contributed by atoms with Crippen LogP contribution in [0.3, 0.4) is 0 Å². The van der Waals surface area contributed by atoms with Gasteiger partial charge in [-0.1, -0.05) is 55.4 Å². The maximum atomic E-state index is 16.0. The Bertz CT molecular complexity index is 1390. The summed E-state index contributed by atoms with van der Waals surface area (Å²) in [6.45, 7) is 36.4. The molecule has 48 heavy (non-hydrogen) atoms. The molecule has 0 aromatic rings. The van der Waals surface area contributed by atoms with Gasteiger partial charge in [-0.25, -0.2) is 4.79 Å². The number of carbonyl (C=O) groups is 2. The molecule has 2 heterocycles. The number of hydrogen-bond donors (Lipinski definition) is 1. The number of fused-ring (bicyclic) bond motifs is 5. The molecule has 0 aromatic heterocycles. The van der Waals surface area contributed by atoms with Gasteiger partial charge in [0.2, 0.25) is 0 Å². The third-order valence-electron chi connectivity index (χ3n) is 13.7. The van der Waals surface area contributed by atoms with Crippen molar-refractivity contribution in [3.63, 3.8) is 0 Å². The highest BCUT2D eigenvalue weighted by Gasteiger charge is 2.80. The minimum Gasteiger partial charge on any atom is -0.426 e. The second-order valence-electron chi connectivity index (χ2n) is 20.2. The lowest BCUT2D eigenvalue weighted by atomic mass is 9.45. The highest BCUT2D eigenvalue weighted by atomic mass is 28.4. The van der Waals surface area contributed by atoms with Gasteiger partial charge in [-0.3, -0.25) is 4.79 Å². The largest absolute Gasteiger partial charge is 0.509 e. The fraction of sp³-hybridized carbons (Fsp3) is 0.889. The molecule has 9 nitrogen and oxygen atoms in total. The van der Waals surface area contributed by atoms with Gasteiger partial charge in [0.25, 0.3) is 0 Å². The molecule has 5 rings (SSSR count). The van der Waals surface area contributed by atoms with E-state index in [1.165, 1.54) is 0 Å². The third kappa shape index (κ3) is 5.44. The molecular weight excluding hydrogens is 661 g/mol. The molecule has 9 atom stereocenters. The normalized spacial score (nSPS) is 40.1. The Kier molecular flexibility index (Phi) is 8.85. The van der Waals surface area contributed by atoms with Crippen LogP contribution < -0.4 is 0 Å². The van der Waals surface area contributed by atoms with Gasteiger partial charge in [0.1, 0.15) is 11.7 Å². The zero-order chi connectivity index (χ0) is 36.6. The Hall–Kier alpha value is -0.869. The van der Waals surface area contributed by atoms with E-state index >= 15 is 4.79 Å². The Morgan fingerprint density at radius 2 is 1.40 bits per heavy atom. The maximum Gasteiger partial charge on any atom is 0.509 e. The molecule has 4 fully saturated rings. The summed E-state index contributed by atoms with van der Waals surface area (Å²) in [5.74, 6) is -1.00. The van der Waals surface area contributed by atoms with Crippen LogP contribution in [-0.2, 0) is 32.3 Å². The number of carbonyl (C=O) groups excluding carboxylic acids is 2. The maximum absolute atomic E-state index is 16.0. The minimum atomic E-state index is -2.61. The third-order valence-corrected chi connectivity index (χ3v) is 23.6. The van der Waals surface area contributed by atoms with Crippen molar-refractivity contribution in [2.45, 2.75) is 180 Å². The molecule has 2 aliphatic heterocycles. The van der Waals surface area contributed by atoms with Crippen LogP contribution in [0.2, 0.25) is 55.9 Å². The van der Waals surface area contributed by atoms with Crippen molar-refractivity contribution in [2.24, 2.45) is 16.7 Å². The summed E-state index contributed by atoms with van der Waals surface area (Å²) in [5, 5.41) is 12.4. The number of Topliss-reactive ketones (excluding diaryl/α,β-unsaturated/α-hetero) is 1. The van der Waals surface area contributed by atoms with E-state index in [-0.39, 0.29) is 22.5 Å². The van der Waals surface area contributed by atoms with E-state index in [9.17, 15) is 9.90 Å². The first kappa shape index (κ1) is 38.4. The van der Waals surface area contributed by atoms with Gasteiger partial charge in [-0.05, 0) is 80.9 Å². The van der Waals surface area contributed by atoms with E-state index in [2.05, 4.69) is 108 Å². The Balaban J connectivity index is 1.87. The topological polar surface area (TPSA) is 110 Å². The Morgan fingerprint density at radius 1 is 0.854 bits per heavy atom. The summed E-state index contributed by atoms with van der Waals surface area (Å²) in [4.78, 5) is 29.7. The fourth-order valence-corrected chi connectivity index (χ4v) is 12.4. The Labute approximate surface area is 292 Å². The zero-order valence-corrected chi connectivity index (χ0v) is 35.8. The van der Waals surface area contributed by atoms with Crippen molar-refractivity contribution in [1.82, 2.24) is 0 Å². The zero-order valence-electron chi connectivity index (χ0n) is 32.8. The van der Waals surface area contributed by atoms with E-state index in [1.54, 1.807) is 0 Å². The second kappa shape index (κ2) is 11.1. The van der Waals surface area contributed by atoms with E-state index < -0.39 is 89.6 Å². The van der Waals surface area contributed by atoms with Gasteiger partial charge in [0.05, 0.1) is 30.3 Å².